The zero-order valence-corrected chi connectivity index (χ0v) is 16.4. The number of carbonyl (C=O) groups excluding carboxylic acids is 1. The minimum absolute atomic E-state index is 0.270. The Bertz CT molecular complexity index is 701. The maximum absolute atomic E-state index is 13.1. The van der Waals surface area contributed by atoms with Crippen molar-refractivity contribution in [1.82, 2.24) is 10.2 Å². The number of sulfonamides is 1. The lowest BCUT2D eigenvalue weighted by molar-refractivity contribution is -0.121. The predicted octanol–water partition coefficient (Wildman–Crippen LogP) is 1.83. The molecule has 0 spiro atoms. The number of carbonyl (C=O) groups is 1. The van der Waals surface area contributed by atoms with Crippen LogP contribution in [0.3, 0.4) is 0 Å². The van der Waals surface area contributed by atoms with E-state index in [1.807, 2.05) is 0 Å². The van der Waals surface area contributed by atoms with Gasteiger partial charge < -0.3 is 10.2 Å². The number of rotatable bonds is 7. The molecular weight excluding hydrogens is 357 g/mol. The average Bonchev–Trinajstić information content (AvgIpc) is 2.57. The van der Waals surface area contributed by atoms with E-state index in [1.165, 1.54) is 31.2 Å². The first-order valence-corrected chi connectivity index (χ1v) is 10.7. The van der Waals surface area contributed by atoms with E-state index in [9.17, 15) is 17.6 Å². The van der Waals surface area contributed by atoms with Gasteiger partial charge in [0.05, 0.1) is 11.9 Å². The highest BCUT2D eigenvalue weighted by Crippen LogP contribution is 2.22. The third kappa shape index (κ3) is 5.67. The van der Waals surface area contributed by atoms with Gasteiger partial charge in [0.25, 0.3) is 0 Å². The molecule has 1 aromatic rings. The van der Waals surface area contributed by atoms with Gasteiger partial charge in [-0.3, -0.25) is 9.10 Å². The van der Waals surface area contributed by atoms with Crippen molar-refractivity contribution in [2.24, 2.45) is 5.92 Å². The zero-order valence-electron chi connectivity index (χ0n) is 15.6. The molecule has 0 aliphatic carbocycles. The number of benzene rings is 1. The third-order valence-corrected chi connectivity index (χ3v) is 6.10. The molecular formula is C18H28FN3O3S. The highest BCUT2D eigenvalue weighted by molar-refractivity contribution is 7.92. The monoisotopic (exact) mass is 385 g/mol. The van der Waals surface area contributed by atoms with Crippen molar-refractivity contribution in [2.75, 3.05) is 37.2 Å². The molecule has 0 aromatic heterocycles. The van der Waals surface area contributed by atoms with Crippen LogP contribution in [0.4, 0.5) is 10.1 Å². The molecule has 2 rings (SSSR count). The third-order valence-electron chi connectivity index (χ3n) is 4.86. The molecule has 26 heavy (non-hydrogen) atoms. The van der Waals surface area contributed by atoms with Gasteiger partial charge in [-0.2, -0.15) is 0 Å². The molecule has 1 amide bonds. The van der Waals surface area contributed by atoms with Crippen molar-refractivity contribution in [3.05, 3.63) is 30.1 Å². The second-order valence-electron chi connectivity index (χ2n) is 7.04. The van der Waals surface area contributed by atoms with E-state index in [0.717, 1.165) is 42.9 Å². The van der Waals surface area contributed by atoms with Gasteiger partial charge in [-0.15, -0.1) is 0 Å². The van der Waals surface area contributed by atoms with Crippen molar-refractivity contribution >= 4 is 21.6 Å². The minimum atomic E-state index is -3.68. The van der Waals surface area contributed by atoms with E-state index in [1.54, 1.807) is 0 Å². The van der Waals surface area contributed by atoms with E-state index in [4.69, 9.17) is 0 Å². The molecule has 0 bridgehead atoms. The second kappa shape index (κ2) is 8.81. The lowest BCUT2D eigenvalue weighted by Gasteiger charge is -2.30. The van der Waals surface area contributed by atoms with Gasteiger partial charge in [-0.05, 0) is 76.5 Å². The van der Waals surface area contributed by atoms with Crippen LogP contribution >= 0.6 is 0 Å². The minimum Gasteiger partial charge on any atom is -0.354 e. The van der Waals surface area contributed by atoms with Crippen molar-refractivity contribution < 1.29 is 17.6 Å². The molecule has 1 aliphatic heterocycles. The van der Waals surface area contributed by atoms with Gasteiger partial charge >= 0.3 is 0 Å². The predicted molar refractivity (Wildman–Crippen MR) is 101 cm³/mol. The Morgan fingerprint density at radius 1 is 1.31 bits per heavy atom. The molecule has 6 nitrogen and oxygen atoms in total. The Kier molecular flexibility index (Phi) is 7.00. The summed E-state index contributed by atoms with van der Waals surface area (Å²) in [5, 5.41) is 2.84. The summed E-state index contributed by atoms with van der Waals surface area (Å²) >= 11 is 0. The number of nitrogens with one attached hydrogen (secondary N) is 1. The van der Waals surface area contributed by atoms with E-state index < -0.39 is 21.9 Å². The van der Waals surface area contributed by atoms with Crippen molar-refractivity contribution in [2.45, 2.75) is 32.2 Å². The molecule has 1 saturated heterocycles. The van der Waals surface area contributed by atoms with Crippen LogP contribution in [0.25, 0.3) is 0 Å². The molecule has 1 atom stereocenters. The number of hydrogen-bond acceptors (Lipinski definition) is 4. The number of amides is 1. The topological polar surface area (TPSA) is 69.7 Å². The summed E-state index contributed by atoms with van der Waals surface area (Å²) in [6.45, 7) is 4.21. The quantitative estimate of drug-likeness (QED) is 0.777. The van der Waals surface area contributed by atoms with Crippen LogP contribution in [-0.4, -0.2) is 58.2 Å². The SMILES string of the molecule is CC(C(=O)NCCC1CCN(C)CC1)N(c1ccc(F)cc1)S(C)(=O)=O. The summed E-state index contributed by atoms with van der Waals surface area (Å²) in [5.41, 5.74) is 0.270. The molecule has 1 aromatic carbocycles. The molecule has 146 valence electrons. The van der Waals surface area contributed by atoms with E-state index in [2.05, 4.69) is 17.3 Å². The summed E-state index contributed by atoms with van der Waals surface area (Å²) in [7, 11) is -1.58. The van der Waals surface area contributed by atoms with Crippen molar-refractivity contribution in [3.63, 3.8) is 0 Å². The lowest BCUT2D eigenvalue weighted by atomic mass is 9.94. The van der Waals surface area contributed by atoms with Gasteiger partial charge in [-0.25, -0.2) is 12.8 Å². The summed E-state index contributed by atoms with van der Waals surface area (Å²) < 4.78 is 38.5. The number of halogens is 1. The Hall–Kier alpha value is -1.67. The molecule has 0 saturated carbocycles. The van der Waals surface area contributed by atoms with Gasteiger partial charge in [0.15, 0.2) is 0 Å². The van der Waals surface area contributed by atoms with Crippen LogP contribution in [-0.2, 0) is 14.8 Å². The average molecular weight is 386 g/mol. The normalized spacial score (nSPS) is 17.7. The molecule has 8 heteroatoms. The molecule has 1 fully saturated rings. The Labute approximate surface area is 155 Å². The number of piperidine rings is 1. The molecule has 1 unspecified atom stereocenters. The van der Waals surface area contributed by atoms with E-state index in [-0.39, 0.29) is 11.6 Å². The molecule has 0 radical (unpaired) electrons. The highest BCUT2D eigenvalue weighted by Gasteiger charge is 2.29. The smallest absolute Gasteiger partial charge is 0.243 e. The van der Waals surface area contributed by atoms with Crippen LogP contribution in [0, 0.1) is 11.7 Å². The van der Waals surface area contributed by atoms with E-state index >= 15 is 0 Å². The largest absolute Gasteiger partial charge is 0.354 e. The van der Waals surface area contributed by atoms with E-state index in [0.29, 0.717) is 12.5 Å². The fraction of sp³-hybridized carbons (Fsp3) is 0.611. The first kappa shape index (κ1) is 20.6. The maximum Gasteiger partial charge on any atom is 0.243 e. The van der Waals surface area contributed by atoms with Crippen LogP contribution in [0.5, 0.6) is 0 Å². The van der Waals surface area contributed by atoms with Crippen LogP contribution in [0.1, 0.15) is 26.2 Å². The number of anilines is 1. The second-order valence-corrected chi connectivity index (χ2v) is 8.90. The maximum atomic E-state index is 13.1. The summed E-state index contributed by atoms with van der Waals surface area (Å²) in [6.07, 6.45) is 4.17. The first-order chi connectivity index (χ1) is 12.2. The summed E-state index contributed by atoms with van der Waals surface area (Å²) in [5.74, 6) is -0.227. The Morgan fingerprint density at radius 2 is 1.88 bits per heavy atom. The number of likely N-dealkylation sites (tertiary alicyclic amines) is 1. The fourth-order valence-corrected chi connectivity index (χ4v) is 4.47. The highest BCUT2D eigenvalue weighted by atomic mass is 32.2. The lowest BCUT2D eigenvalue weighted by Crippen LogP contribution is -2.48. The van der Waals surface area contributed by atoms with Crippen molar-refractivity contribution in [1.29, 1.82) is 0 Å². The summed E-state index contributed by atoms with van der Waals surface area (Å²) in [6, 6.07) is 4.17. The van der Waals surface area contributed by atoms with Gasteiger partial charge in [-0.1, -0.05) is 0 Å². The number of nitrogens with zero attached hydrogens (tertiary/aromatic N) is 2. The van der Waals surface area contributed by atoms with Crippen LogP contribution in [0.15, 0.2) is 24.3 Å². The fourth-order valence-electron chi connectivity index (χ4n) is 3.29. The zero-order chi connectivity index (χ0) is 19.3. The first-order valence-electron chi connectivity index (χ1n) is 8.89. The van der Waals surface area contributed by atoms with Crippen molar-refractivity contribution in [3.8, 4) is 0 Å². The van der Waals surface area contributed by atoms with Gasteiger partial charge in [0.2, 0.25) is 15.9 Å². The Morgan fingerprint density at radius 3 is 2.42 bits per heavy atom. The van der Waals surface area contributed by atoms with Gasteiger partial charge in [0, 0.05) is 6.54 Å². The van der Waals surface area contributed by atoms with Crippen LogP contribution < -0.4 is 9.62 Å². The van der Waals surface area contributed by atoms with Crippen LogP contribution in [0.2, 0.25) is 0 Å². The molecule has 1 aliphatic rings. The molecule has 1 heterocycles. The Balaban J connectivity index is 1.96. The molecule has 1 N–H and O–H groups in total. The van der Waals surface area contributed by atoms with Gasteiger partial charge in [0.1, 0.15) is 11.9 Å². The summed E-state index contributed by atoms with van der Waals surface area (Å²) in [4.78, 5) is 14.8. The number of hydrogen-bond donors (Lipinski definition) is 1. The standard InChI is InChI=1S/C18H28FN3O3S/c1-14(18(23)20-11-8-15-9-12-21(2)13-10-15)22(26(3,24)25)17-6-4-16(19)5-7-17/h4-7,14-15H,8-13H2,1-3H3,(H,20,23).